The van der Waals surface area contributed by atoms with Crippen LogP contribution >= 0.6 is 23.2 Å². The van der Waals surface area contributed by atoms with Gasteiger partial charge in [0.05, 0.1) is 15.7 Å². The predicted octanol–water partition coefficient (Wildman–Crippen LogP) is 2.56. The van der Waals surface area contributed by atoms with Crippen molar-refractivity contribution in [2.24, 2.45) is 0 Å². The van der Waals surface area contributed by atoms with Crippen LogP contribution in [0.3, 0.4) is 0 Å². The molecule has 1 aliphatic rings. The Balaban J connectivity index is 2.02. The van der Waals surface area contributed by atoms with Gasteiger partial charge in [-0.3, -0.25) is 4.79 Å². The summed E-state index contributed by atoms with van der Waals surface area (Å²) in [6, 6.07) is 4.86. The topological polar surface area (TPSA) is 75.6 Å². The second-order valence-electron chi connectivity index (χ2n) is 4.12. The van der Waals surface area contributed by atoms with Crippen molar-refractivity contribution in [2.75, 3.05) is 5.32 Å². The Hall–Kier alpha value is -1.30. The number of amides is 1. The first kappa shape index (κ1) is 14.1. The Kier molecular flexibility index (Phi) is 4.29. The molecule has 0 aliphatic carbocycles. The molecular weight excluding hydrogens is 293 g/mol. The summed E-state index contributed by atoms with van der Waals surface area (Å²) < 4.78 is 5.14. The van der Waals surface area contributed by atoms with Gasteiger partial charge in [-0.1, -0.05) is 29.3 Å². The molecule has 1 saturated heterocycles. The van der Waals surface area contributed by atoms with Crippen molar-refractivity contribution in [3.8, 4) is 0 Å². The summed E-state index contributed by atoms with van der Waals surface area (Å²) in [5.41, 5.74) is 0.376. The highest BCUT2D eigenvalue weighted by atomic mass is 35.5. The molecule has 0 saturated carbocycles. The zero-order valence-corrected chi connectivity index (χ0v) is 11.2. The van der Waals surface area contributed by atoms with Crippen LogP contribution in [0.25, 0.3) is 0 Å². The van der Waals surface area contributed by atoms with E-state index in [0.29, 0.717) is 23.6 Å². The summed E-state index contributed by atoms with van der Waals surface area (Å²) in [6.07, 6.45) is -1.03. The van der Waals surface area contributed by atoms with Crippen LogP contribution < -0.4 is 5.32 Å². The molecule has 2 atom stereocenters. The summed E-state index contributed by atoms with van der Waals surface area (Å²) in [7, 11) is 0. The Labute approximate surface area is 119 Å². The van der Waals surface area contributed by atoms with Crippen molar-refractivity contribution in [2.45, 2.75) is 25.0 Å². The van der Waals surface area contributed by atoms with Crippen molar-refractivity contribution in [3.63, 3.8) is 0 Å². The van der Waals surface area contributed by atoms with Crippen LogP contribution in [0.15, 0.2) is 18.2 Å². The number of anilines is 1. The number of hydrogen-bond acceptors (Lipinski definition) is 3. The lowest BCUT2D eigenvalue weighted by atomic mass is 10.2. The quantitative estimate of drug-likeness (QED) is 0.900. The van der Waals surface area contributed by atoms with E-state index in [2.05, 4.69) is 5.32 Å². The standard InChI is InChI=1S/C12H11Cl2NO4/c13-6-2-1-3-7(10(6)14)15-11(16)8-4-5-9(19-8)12(17)18/h1-3,8-9H,4-5H2,(H,15,16)(H,17,18). The third kappa shape index (κ3) is 3.18. The number of aliphatic carboxylic acids is 1. The largest absolute Gasteiger partial charge is 0.479 e. The van der Waals surface area contributed by atoms with Crippen LogP contribution in [-0.2, 0) is 14.3 Å². The molecule has 1 heterocycles. The van der Waals surface area contributed by atoms with Gasteiger partial charge in [-0.15, -0.1) is 0 Å². The first-order valence-electron chi connectivity index (χ1n) is 5.62. The van der Waals surface area contributed by atoms with Gasteiger partial charge in [0, 0.05) is 0 Å². The smallest absolute Gasteiger partial charge is 0.332 e. The third-order valence-corrected chi connectivity index (χ3v) is 3.62. The molecule has 102 valence electrons. The minimum atomic E-state index is -1.06. The molecule has 0 spiro atoms. The molecular formula is C12H11Cl2NO4. The maximum absolute atomic E-state index is 11.9. The number of carboxylic acids is 1. The van der Waals surface area contributed by atoms with E-state index in [1.165, 1.54) is 0 Å². The van der Waals surface area contributed by atoms with Gasteiger partial charge < -0.3 is 15.2 Å². The number of halogens is 2. The summed E-state index contributed by atoms with van der Waals surface area (Å²) >= 11 is 11.8. The Morgan fingerprint density at radius 2 is 1.95 bits per heavy atom. The molecule has 1 aliphatic heterocycles. The first-order valence-corrected chi connectivity index (χ1v) is 6.38. The summed E-state index contributed by atoms with van der Waals surface area (Å²) in [5, 5.41) is 11.9. The fourth-order valence-corrected chi connectivity index (χ4v) is 2.17. The van der Waals surface area contributed by atoms with E-state index in [-0.39, 0.29) is 5.02 Å². The maximum Gasteiger partial charge on any atom is 0.332 e. The summed E-state index contributed by atoms with van der Waals surface area (Å²) in [6.45, 7) is 0. The SMILES string of the molecule is O=C(O)C1CCC(C(=O)Nc2cccc(Cl)c2Cl)O1. The highest BCUT2D eigenvalue weighted by Crippen LogP contribution is 2.30. The normalized spacial score (nSPS) is 22.2. The van der Waals surface area contributed by atoms with Gasteiger partial charge in [-0.25, -0.2) is 4.79 Å². The molecule has 1 aromatic rings. The summed E-state index contributed by atoms with van der Waals surface area (Å²) in [4.78, 5) is 22.6. The highest BCUT2D eigenvalue weighted by molar-refractivity contribution is 6.44. The molecule has 0 radical (unpaired) electrons. The molecule has 1 aromatic carbocycles. The van der Waals surface area contributed by atoms with Crippen molar-refractivity contribution in [1.29, 1.82) is 0 Å². The van der Waals surface area contributed by atoms with Gasteiger partial charge in [-0.2, -0.15) is 0 Å². The van der Waals surface area contributed by atoms with E-state index in [1.54, 1.807) is 18.2 Å². The van der Waals surface area contributed by atoms with Crippen LogP contribution in [0.4, 0.5) is 5.69 Å². The molecule has 19 heavy (non-hydrogen) atoms. The van der Waals surface area contributed by atoms with E-state index >= 15 is 0 Å². The van der Waals surface area contributed by atoms with Gasteiger partial charge in [0.1, 0.15) is 6.10 Å². The third-order valence-electron chi connectivity index (χ3n) is 2.80. The van der Waals surface area contributed by atoms with Crippen LogP contribution in [-0.4, -0.2) is 29.2 Å². The molecule has 2 unspecified atom stereocenters. The van der Waals surface area contributed by atoms with E-state index in [0.717, 1.165) is 0 Å². The Bertz CT molecular complexity index is 520. The van der Waals surface area contributed by atoms with Gasteiger partial charge >= 0.3 is 5.97 Å². The molecule has 2 N–H and O–H groups in total. The van der Waals surface area contributed by atoms with Crippen molar-refractivity contribution in [1.82, 2.24) is 0 Å². The van der Waals surface area contributed by atoms with E-state index in [9.17, 15) is 9.59 Å². The van der Waals surface area contributed by atoms with Crippen molar-refractivity contribution >= 4 is 40.8 Å². The average Bonchev–Trinajstić information content (AvgIpc) is 2.84. The number of hydrogen-bond donors (Lipinski definition) is 2. The zero-order chi connectivity index (χ0) is 14.0. The molecule has 2 rings (SSSR count). The van der Waals surface area contributed by atoms with E-state index in [4.69, 9.17) is 33.0 Å². The number of rotatable bonds is 3. The Morgan fingerprint density at radius 1 is 1.26 bits per heavy atom. The predicted molar refractivity (Wildman–Crippen MR) is 70.6 cm³/mol. The minimum absolute atomic E-state index is 0.241. The minimum Gasteiger partial charge on any atom is -0.479 e. The fourth-order valence-electron chi connectivity index (χ4n) is 1.83. The average molecular weight is 304 g/mol. The summed E-state index contributed by atoms with van der Waals surface area (Å²) in [5.74, 6) is -1.48. The van der Waals surface area contributed by atoms with Gasteiger partial charge in [0.15, 0.2) is 6.10 Å². The first-order chi connectivity index (χ1) is 8.99. The Morgan fingerprint density at radius 3 is 2.58 bits per heavy atom. The lowest BCUT2D eigenvalue weighted by Crippen LogP contribution is -2.30. The number of ether oxygens (including phenoxy) is 1. The second kappa shape index (κ2) is 5.77. The van der Waals surface area contributed by atoms with E-state index < -0.39 is 24.1 Å². The van der Waals surface area contributed by atoms with Crippen molar-refractivity contribution < 1.29 is 19.4 Å². The molecule has 1 fully saturated rings. The maximum atomic E-state index is 11.9. The molecule has 1 amide bonds. The lowest BCUT2D eigenvalue weighted by Gasteiger charge is -2.13. The van der Waals surface area contributed by atoms with Gasteiger partial charge in [0.25, 0.3) is 5.91 Å². The molecule has 7 heteroatoms. The van der Waals surface area contributed by atoms with Gasteiger partial charge in [-0.05, 0) is 25.0 Å². The van der Waals surface area contributed by atoms with Crippen LogP contribution in [0.2, 0.25) is 10.0 Å². The highest BCUT2D eigenvalue weighted by Gasteiger charge is 2.34. The van der Waals surface area contributed by atoms with Crippen LogP contribution in [0, 0.1) is 0 Å². The zero-order valence-electron chi connectivity index (χ0n) is 9.73. The van der Waals surface area contributed by atoms with Gasteiger partial charge in [0.2, 0.25) is 0 Å². The fraction of sp³-hybridized carbons (Fsp3) is 0.333. The lowest BCUT2D eigenvalue weighted by molar-refractivity contribution is -0.150. The molecule has 0 bridgehead atoms. The van der Waals surface area contributed by atoms with Crippen molar-refractivity contribution in [3.05, 3.63) is 28.2 Å². The van der Waals surface area contributed by atoms with Crippen LogP contribution in [0.5, 0.6) is 0 Å². The number of nitrogens with one attached hydrogen (secondary N) is 1. The monoisotopic (exact) mass is 303 g/mol. The number of carbonyl (C=O) groups is 2. The molecule has 0 aromatic heterocycles. The second-order valence-corrected chi connectivity index (χ2v) is 4.90. The number of carbonyl (C=O) groups excluding carboxylic acids is 1. The number of carboxylic acid groups (broad SMARTS) is 1. The van der Waals surface area contributed by atoms with E-state index in [1.807, 2.05) is 0 Å². The van der Waals surface area contributed by atoms with Crippen LogP contribution in [0.1, 0.15) is 12.8 Å². The number of benzene rings is 1. The molecule has 5 nitrogen and oxygen atoms in total.